The molecule has 0 saturated heterocycles. The van der Waals surface area contributed by atoms with Crippen molar-refractivity contribution in [3.63, 3.8) is 0 Å². The maximum absolute atomic E-state index is 13.9. The van der Waals surface area contributed by atoms with E-state index >= 15 is 0 Å². The van der Waals surface area contributed by atoms with Crippen molar-refractivity contribution in [2.45, 2.75) is 38.1 Å². The fraction of sp³-hybridized carbons (Fsp3) is 0.538. The second-order valence-electron chi connectivity index (χ2n) is 5.30. The van der Waals surface area contributed by atoms with Crippen LogP contribution >= 0.6 is 15.9 Å². The van der Waals surface area contributed by atoms with E-state index in [4.69, 9.17) is 5.73 Å². The summed E-state index contributed by atoms with van der Waals surface area (Å²) in [5.41, 5.74) is 5.84. The molecule has 2 N–H and O–H groups in total. The fourth-order valence-corrected chi connectivity index (χ4v) is 3.73. The Bertz CT molecular complexity index is 590. The highest BCUT2D eigenvalue weighted by Crippen LogP contribution is 2.28. The molecule has 0 amide bonds. The number of rotatable bonds is 5. The summed E-state index contributed by atoms with van der Waals surface area (Å²) in [6.45, 7) is 5.82. The van der Waals surface area contributed by atoms with Gasteiger partial charge >= 0.3 is 0 Å². The predicted octanol–water partition coefficient (Wildman–Crippen LogP) is 3.23. The molecule has 1 aromatic carbocycles. The monoisotopic (exact) mass is 366 g/mol. The summed E-state index contributed by atoms with van der Waals surface area (Å²) in [6.07, 6.45) is 0.698. The molecule has 0 heterocycles. The lowest BCUT2D eigenvalue weighted by Gasteiger charge is -2.26. The molecule has 0 aliphatic carbocycles. The van der Waals surface area contributed by atoms with E-state index in [1.54, 1.807) is 6.92 Å². The molecular formula is C13H20BrFN2O2S. The molecule has 4 nitrogen and oxygen atoms in total. The first kappa shape index (κ1) is 17.4. The van der Waals surface area contributed by atoms with E-state index in [0.717, 1.165) is 12.1 Å². The van der Waals surface area contributed by atoms with Crippen LogP contribution < -0.4 is 5.73 Å². The lowest BCUT2D eigenvalue weighted by Crippen LogP contribution is -2.36. The SMILES string of the molecule is CC(C)CC(C)N(C)S(=O)(=O)c1cc(N)c(Br)cc1F. The molecule has 0 aliphatic heterocycles. The van der Waals surface area contributed by atoms with Gasteiger partial charge in [0.2, 0.25) is 10.0 Å². The third kappa shape index (κ3) is 3.71. The van der Waals surface area contributed by atoms with Crippen LogP contribution in [0.5, 0.6) is 0 Å². The van der Waals surface area contributed by atoms with Crippen molar-refractivity contribution in [3.8, 4) is 0 Å². The summed E-state index contributed by atoms with van der Waals surface area (Å²) in [6, 6.07) is 2.00. The van der Waals surface area contributed by atoms with Gasteiger partial charge in [-0.3, -0.25) is 0 Å². The van der Waals surface area contributed by atoms with Crippen LogP contribution in [0.4, 0.5) is 10.1 Å². The topological polar surface area (TPSA) is 63.4 Å². The Morgan fingerprint density at radius 1 is 1.35 bits per heavy atom. The van der Waals surface area contributed by atoms with E-state index in [9.17, 15) is 12.8 Å². The van der Waals surface area contributed by atoms with Crippen molar-refractivity contribution in [2.75, 3.05) is 12.8 Å². The molecule has 1 atom stereocenters. The normalized spacial score (nSPS) is 14.0. The highest BCUT2D eigenvalue weighted by molar-refractivity contribution is 9.10. The van der Waals surface area contributed by atoms with Gasteiger partial charge in [-0.25, -0.2) is 12.8 Å². The molecule has 0 aromatic heterocycles. The van der Waals surface area contributed by atoms with Gasteiger partial charge in [0.25, 0.3) is 0 Å². The Morgan fingerprint density at radius 3 is 2.40 bits per heavy atom. The number of sulfonamides is 1. The zero-order valence-electron chi connectivity index (χ0n) is 12.0. The lowest BCUT2D eigenvalue weighted by molar-refractivity contribution is 0.336. The lowest BCUT2D eigenvalue weighted by atomic mass is 10.1. The standard InChI is InChI=1S/C13H20BrFN2O2S/c1-8(2)5-9(3)17(4)20(18,19)13-7-12(16)10(14)6-11(13)15/h6-9H,5,16H2,1-4H3. The fourth-order valence-electron chi connectivity index (χ4n) is 1.97. The average Bonchev–Trinajstić information content (AvgIpc) is 2.31. The average molecular weight is 367 g/mol. The first-order chi connectivity index (χ1) is 9.07. The smallest absolute Gasteiger partial charge is 0.246 e. The first-order valence-electron chi connectivity index (χ1n) is 6.30. The summed E-state index contributed by atoms with van der Waals surface area (Å²) in [7, 11) is -2.44. The van der Waals surface area contributed by atoms with Crippen LogP contribution in [-0.2, 0) is 10.0 Å². The Kier molecular flexibility index (Phi) is 5.57. The number of anilines is 1. The van der Waals surface area contributed by atoms with Gasteiger partial charge in [0.1, 0.15) is 10.7 Å². The van der Waals surface area contributed by atoms with Crippen molar-refractivity contribution in [1.82, 2.24) is 4.31 Å². The van der Waals surface area contributed by atoms with Crippen molar-refractivity contribution < 1.29 is 12.8 Å². The molecule has 0 saturated carbocycles. The number of nitrogens with zero attached hydrogens (tertiary/aromatic N) is 1. The Labute approximate surface area is 128 Å². The molecule has 1 rings (SSSR count). The minimum atomic E-state index is -3.90. The van der Waals surface area contributed by atoms with Crippen LogP contribution in [0.3, 0.4) is 0 Å². The van der Waals surface area contributed by atoms with Crippen LogP contribution in [0.15, 0.2) is 21.5 Å². The number of nitrogens with two attached hydrogens (primary N) is 1. The third-order valence-corrected chi connectivity index (χ3v) is 5.82. The molecule has 0 fully saturated rings. The second kappa shape index (κ2) is 6.41. The summed E-state index contributed by atoms with van der Waals surface area (Å²) in [5, 5.41) is 0. The van der Waals surface area contributed by atoms with Crippen LogP contribution in [0.2, 0.25) is 0 Å². The largest absolute Gasteiger partial charge is 0.398 e. The van der Waals surface area contributed by atoms with E-state index in [-0.39, 0.29) is 11.7 Å². The number of benzene rings is 1. The molecule has 20 heavy (non-hydrogen) atoms. The molecule has 0 bridgehead atoms. The van der Waals surface area contributed by atoms with E-state index in [1.165, 1.54) is 11.4 Å². The van der Waals surface area contributed by atoms with Gasteiger partial charge in [0, 0.05) is 23.2 Å². The Morgan fingerprint density at radius 2 is 1.90 bits per heavy atom. The third-order valence-electron chi connectivity index (χ3n) is 3.14. The highest BCUT2D eigenvalue weighted by atomic mass is 79.9. The quantitative estimate of drug-likeness (QED) is 0.813. The molecule has 7 heteroatoms. The number of hydrogen-bond donors (Lipinski definition) is 1. The van der Waals surface area contributed by atoms with Gasteiger partial charge in [0.15, 0.2) is 0 Å². The van der Waals surface area contributed by atoms with E-state index in [1.807, 2.05) is 13.8 Å². The predicted molar refractivity (Wildman–Crippen MR) is 82.4 cm³/mol. The zero-order chi connectivity index (χ0) is 15.7. The van der Waals surface area contributed by atoms with Crippen molar-refractivity contribution in [2.24, 2.45) is 5.92 Å². The second-order valence-corrected chi connectivity index (χ2v) is 8.12. The molecule has 1 unspecified atom stereocenters. The van der Waals surface area contributed by atoms with Crippen LogP contribution in [-0.4, -0.2) is 25.8 Å². The number of halogens is 2. The summed E-state index contributed by atoms with van der Waals surface area (Å²) in [4.78, 5) is -0.392. The minimum absolute atomic E-state index is 0.190. The molecular weight excluding hydrogens is 347 g/mol. The van der Waals surface area contributed by atoms with Gasteiger partial charge in [-0.05, 0) is 47.3 Å². The van der Waals surface area contributed by atoms with Gasteiger partial charge in [-0.1, -0.05) is 13.8 Å². The summed E-state index contributed by atoms with van der Waals surface area (Å²) in [5.74, 6) is -0.461. The molecule has 1 aromatic rings. The summed E-state index contributed by atoms with van der Waals surface area (Å²) >= 11 is 3.07. The highest BCUT2D eigenvalue weighted by Gasteiger charge is 2.29. The minimum Gasteiger partial charge on any atom is -0.398 e. The van der Waals surface area contributed by atoms with Crippen molar-refractivity contribution in [3.05, 3.63) is 22.4 Å². The van der Waals surface area contributed by atoms with Gasteiger partial charge < -0.3 is 5.73 Å². The van der Waals surface area contributed by atoms with Gasteiger partial charge in [-0.15, -0.1) is 0 Å². The van der Waals surface area contributed by atoms with Crippen LogP contribution in [0.1, 0.15) is 27.2 Å². The van der Waals surface area contributed by atoms with E-state index < -0.39 is 20.7 Å². The van der Waals surface area contributed by atoms with Crippen LogP contribution in [0.25, 0.3) is 0 Å². The maximum atomic E-state index is 13.9. The van der Waals surface area contributed by atoms with Crippen molar-refractivity contribution >= 4 is 31.6 Å². The van der Waals surface area contributed by atoms with Crippen LogP contribution in [0, 0.1) is 11.7 Å². The van der Waals surface area contributed by atoms with Gasteiger partial charge in [-0.2, -0.15) is 4.31 Å². The zero-order valence-corrected chi connectivity index (χ0v) is 14.4. The number of nitrogen functional groups attached to an aromatic ring is 1. The van der Waals surface area contributed by atoms with E-state index in [2.05, 4.69) is 15.9 Å². The molecule has 0 spiro atoms. The van der Waals surface area contributed by atoms with E-state index in [0.29, 0.717) is 16.8 Å². The van der Waals surface area contributed by atoms with Gasteiger partial charge in [0.05, 0.1) is 0 Å². The maximum Gasteiger partial charge on any atom is 0.246 e. The summed E-state index contributed by atoms with van der Waals surface area (Å²) < 4.78 is 40.4. The number of hydrogen-bond acceptors (Lipinski definition) is 3. The molecule has 0 radical (unpaired) electrons. The molecule has 0 aliphatic rings. The van der Waals surface area contributed by atoms with Crippen molar-refractivity contribution in [1.29, 1.82) is 0 Å². The Hall–Kier alpha value is -0.660. The Balaban J connectivity index is 3.20. The first-order valence-corrected chi connectivity index (χ1v) is 8.53. The molecule has 114 valence electrons.